The minimum atomic E-state index is 0.657. The lowest BCUT2D eigenvalue weighted by Gasteiger charge is -2.04. The van der Waals surface area contributed by atoms with E-state index in [0.717, 1.165) is 18.9 Å². The van der Waals surface area contributed by atoms with Crippen molar-refractivity contribution in [3.05, 3.63) is 28.9 Å². The third kappa shape index (κ3) is 12.7. The normalized spacial score (nSPS) is 10.3. The van der Waals surface area contributed by atoms with E-state index >= 15 is 0 Å². The summed E-state index contributed by atoms with van der Waals surface area (Å²) in [5.41, 5.74) is 8.17. The summed E-state index contributed by atoms with van der Waals surface area (Å²) in [7, 11) is 0. The van der Waals surface area contributed by atoms with Gasteiger partial charge in [0.25, 0.3) is 0 Å². The molecule has 0 atom stereocenters. The molecule has 24 heavy (non-hydrogen) atoms. The molecule has 0 saturated heterocycles. The summed E-state index contributed by atoms with van der Waals surface area (Å²) in [5, 5.41) is 6.80. The molecule has 1 rings (SSSR count). The van der Waals surface area contributed by atoms with Gasteiger partial charge in [-0.25, -0.2) is 9.97 Å². The van der Waals surface area contributed by atoms with Crippen LogP contribution in [0.5, 0.6) is 0 Å². The highest BCUT2D eigenvalue weighted by Gasteiger charge is 1.95. The molecule has 0 aliphatic carbocycles. The minimum Gasteiger partial charge on any atom is -0.354 e. The fraction of sp³-hybridized carbons (Fsp3) is 0.778. The topological polar surface area (TPSA) is 86.6 Å². The van der Waals surface area contributed by atoms with E-state index in [9.17, 15) is 0 Å². The molecular weight excluding hydrogens is 300 g/mol. The third-order valence-electron chi connectivity index (χ3n) is 4.10. The first kappa shape index (κ1) is 20.2. The second kappa shape index (κ2) is 16.1. The zero-order valence-electron chi connectivity index (χ0n) is 14.9. The Morgan fingerprint density at radius 1 is 0.792 bits per heavy atom. The van der Waals surface area contributed by atoms with Gasteiger partial charge >= 0.3 is 0 Å². The van der Waals surface area contributed by atoms with Crippen molar-refractivity contribution in [3.8, 4) is 0 Å². The van der Waals surface area contributed by atoms with Crippen molar-refractivity contribution in [2.75, 3.05) is 18.4 Å². The van der Waals surface area contributed by atoms with Crippen LogP contribution >= 0.6 is 0 Å². The molecule has 0 bridgehead atoms. The van der Waals surface area contributed by atoms with Crippen LogP contribution in [0.3, 0.4) is 0 Å². The highest BCUT2D eigenvalue weighted by Crippen LogP contribution is 2.12. The molecule has 134 valence electrons. The molecule has 0 aliphatic rings. The van der Waals surface area contributed by atoms with Crippen molar-refractivity contribution in [2.24, 2.45) is 5.11 Å². The predicted molar refractivity (Wildman–Crippen MR) is 99.9 cm³/mol. The summed E-state index contributed by atoms with van der Waals surface area (Å²) in [6, 6.07) is 1.83. The molecule has 0 aromatic carbocycles. The van der Waals surface area contributed by atoms with Crippen molar-refractivity contribution in [1.29, 1.82) is 0 Å². The maximum atomic E-state index is 8.17. The largest absolute Gasteiger partial charge is 0.354 e. The van der Waals surface area contributed by atoms with Gasteiger partial charge in [0.2, 0.25) is 5.95 Å². The standard InChI is InChI=1S/C18H32N6/c19-24-23-17-12-10-8-6-4-2-1-3-5-7-9-11-14-20-18-21-15-13-16-22-18/h13,15-16H,1-12,14,17H2,(H,20,21,22). The van der Waals surface area contributed by atoms with Gasteiger partial charge in [0, 0.05) is 30.4 Å². The molecule has 1 aromatic rings. The fourth-order valence-electron chi connectivity index (χ4n) is 2.71. The average molecular weight is 332 g/mol. The maximum absolute atomic E-state index is 8.17. The highest BCUT2D eigenvalue weighted by atomic mass is 15.1. The Morgan fingerprint density at radius 3 is 1.83 bits per heavy atom. The van der Waals surface area contributed by atoms with E-state index in [1.54, 1.807) is 12.4 Å². The lowest BCUT2D eigenvalue weighted by molar-refractivity contribution is 0.543. The smallest absolute Gasteiger partial charge is 0.222 e. The van der Waals surface area contributed by atoms with Gasteiger partial charge in [-0.1, -0.05) is 69.3 Å². The fourth-order valence-corrected chi connectivity index (χ4v) is 2.71. The highest BCUT2D eigenvalue weighted by molar-refractivity contribution is 5.21. The maximum Gasteiger partial charge on any atom is 0.222 e. The molecule has 0 radical (unpaired) electrons. The molecule has 0 spiro atoms. The van der Waals surface area contributed by atoms with Gasteiger partial charge in [-0.05, 0) is 24.4 Å². The summed E-state index contributed by atoms with van der Waals surface area (Å²) in [4.78, 5) is 11.1. The number of rotatable bonds is 16. The molecule has 1 aromatic heterocycles. The Labute approximate surface area is 146 Å². The van der Waals surface area contributed by atoms with Crippen molar-refractivity contribution in [1.82, 2.24) is 9.97 Å². The summed E-state index contributed by atoms with van der Waals surface area (Å²) >= 11 is 0. The Hall–Kier alpha value is -1.81. The van der Waals surface area contributed by atoms with Crippen LogP contribution in [-0.2, 0) is 0 Å². The summed E-state index contributed by atoms with van der Waals surface area (Å²) in [6.45, 7) is 1.62. The van der Waals surface area contributed by atoms with E-state index in [1.807, 2.05) is 6.07 Å². The first-order valence-corrected chi connectivity index (χ1v) is 9.45. The van der Waals surface area contributed by atoms with Crippen LogP contribution in [-0.4, -0.2) is 23.1 Å². The van der Waals surface area contributed by atoms with Gasteiger partial charge in [0.1, 0.15) is 0 Å². The second-order valence-corrected chi connectivity index (χ2v) is 6.20. The Morgan fingerprint density at radius 2 is 1.29 bits per heavy atom. The lowest BCUT2D eigenvalue weighted by atomic mass is 10.1. The number of unbranched alkanes of at least 4 members (excludes halogenated alkanes) is 11. The monoisotopic (exact) mass is 332 g/mol. The van der Waals surface area contributed by atoms with Crippen molar-refractivity contribution < 1.29 is 0 Å². The number of aromatic nitrogens is 2. The van der Waals surface area contributed by atoms with E-state index in [1.165, 1.54) is 70.6 Å². The van der Waals surface area contributed by atoms with E-state index in [-0.39, 0.29) is 0 Å². The molecular formula is C18H32N6. The zero-order valence-corrected chi connectivity index (χ0v) is 14.9. The van der Waals surface area contributed by atoms with Crippen molar-refractivity contribution in [3.63, 3.8) is 0 Å². The van der Waals surface area contributed by atoms with Gasteiger partial charge in [0.05, 0.1) is 0 Å². The number of hydrogen-bond donors (Lipinski definition) is 1. The molecule has 0 fully saturated rings. The van der Waals surface area contributed by atoms with Crippen LogP contribution in [0.1, 0.15) is 77.0 Å². The third-order valence-corrected chi connectivity index (χ3v) is 4.10. The Bertz CT molecular complexity index is 430. The van der Waals surface area contributed by atoms with Gasteiger partial charge < -0.3 is 5.32 Å². The molecule has 6 heteroatoms. The molecule has 0 amide bonds. The van der Waals surface area contributed by atoms with Crippen LogP contribution in [0.25, 0.3) is 10.4 Å². The van der Waals surface area contributed by atoms with Gasteiger partial charge in [-0.2, -0.15) is 0 Å². The van der Waals surface area contributed by atoms with E-state index < -0.39 is 0 Å². The Kier molecular flexibility index (Phi) is 13.5. The average Bonchev–Trinajstić information content (AvgIpc) is 2.62. The first-order valence-electron chi connectivity index (χ1n) is 9.45. The van der Waals surface area contributed by atoms with Crippen molar-refractivity contribution in [2.45, 2.75) is 77.0 Å². The molecule has 1 heterocycles. The quantitative estimate of drug-likeness (QED) is 0.177. The van der Waals surface area contributed by atoms with Gasteiger partial charge in [0.15, 0.2) is 0 Å². The number of nitrogens with one attached hydrogen (secondary N) is 1. The lowest BCUT2D eigenvalue weighted by Crippen LogP contribution is -2.04. The number of azide groups is 1. The molecule has 0 saturated carbocycles. The molecule has 6 nitrogen and oxygen atoms in total. The number of hydrogen-bond acceptors (Lipinski definition) is 4. The first-order chi connectivity index (χ1) is 11.9. The predicted octanol–water partition coefficient (Wildman–Crippen LogP) is 5.88. The Balaban J connectivity index is 1.72. The van der Waals surface area contributed by atoms with E-state index in [2.05, 4.69) is 25.3 Å². The van der Waals surface area contributed by atoms with Crippen molar-refractivity contribution >= 4 is 5.95 Å². The molecule has 0 aliphatic heterocycles. The zero-order chi connectivity index (χ0) is 17.1. The number of anilines is 1. The minimum absolute atomic E-state index is 0.657. The van der Waals surface area contributed by atoms with Crippen LogP contribution in [0, 0.1) is 0 Å². The number of nitrogens with zero attached hydrogens (tertiary/aromatic N) is 5. The van der Waals surface area contributed by atoms with E-state index in [4.69, 9.17) is 5.53 Å². The van der Waals surface area contributed by atoms with Crippen LogP contribution in [0.15, 0.2) is 23.6 Å². The van der Waals surface area contributed by atoms with E-state index in [0.29, 0.717) is 6.54 Å². The summed E-state index contributed by atoms with van der Waals surface area (Å²) in [6.07, 6.45) is 19.0. The second-order valence-electron chi connectivity index (χ2n) is 6.20. The van der Waals surface area contributed by atoms with Gasteiger partial charge in [-0.3, -0.25) is 0 Å². The van der Waals surface area contributed by atoms with Crippen LogP contribution < -0.4 is 5.32 Å². The van der Waals surface area contributed by atoms with Crippen LogP contribution in [0.2, 0.25) is 0 Å². The molecule has 0 unspecified atom stereocenters. The SMILES string of the molecule is [N-]=[N+]=NCCCCCCCCCCCCCCNc1ncccn1. The van der Waals surface area contributed by atoms with Crippen LogP contribution in [0.4, 0.5) is 5.95 Å². The summed E-state index contributed by atoms with van der Waals surface area (Å²) < 4.78 is 0. The summed E-state index contributed by atoms with van der Waals surface area (Å²) in [5.74, 6) is 0.732. The van der Waals surface area contributed by atoms with Gasteiger partial charge in [-0.15, -0.1) is 0 Å². The molecule has 1 N–H and O–H groups in total.